The van der Waals surface area contributed by atoms with Crippen LogP contribution in [-0.4, -0.2) is 35.9 Å². The van der Waals surface area contributed by atoms with Crippen molar-refractivity contribution in [2.75, 3.05) is 13.2 Å². The first-order valence-electron chi connectivity index (χ1n) is 7.96. The Labute approximate surface area is 143 Å². The first-order valence-corrected chi connectivity index (χ1v) is 9.04. The van der Waals surface area contributed by atoms with Crippen LogP contribution in [0, 0.1) is 3.70 Å². The zero-order valence-electron chi connectivity index (χ0n) is 12.4. The zero-order valence-corrected chi connectivity index (χ0v) is 14.6. The maximum Gasteiger partial charge on any atom is 0.158 e. The zero-order chi connectivity index (χ0) is 15.1. The Balaban J connectivity index is 1.75. The number of nitrogens with zero attached hydrogens (tertiary/aromatic N) is 3. The fourth-order valence-corrected chi connectivity index (χ4v) is 4.35. The summed E-state index contributed by atoms with van der Waals surface area (Å²) >= 11 is 2.27. The van der Waals surface area contributed by atoms with Gasteiger partial charge in [0.05, 0.1) is 18.2 Å². The molecule has 1 aliphatic carbocycles. The monoisotopic (exact) mass is 410 g/mol. The summed E-state index contributed by atoms with van der Waals surface area (Å²) in [5, 5.41) is 0. The van der Waals surface area contributed by atoms with E-state index in [9.17, 15) is 0 Å². The molecule has 3 aliphatic rings. The van der Waals surface area contributed by atoms with Crippen molar-refractivity contribution >= 4 is 34.3 Å². The summed E-state index contributed by atoms with van der Waals surface area (Å²) in [6.45, 7) is 1.54. The number of hydrogen-bond donors (Lipinski definition) is 1. The van der Waals surface area contributed by atoms with Crippen molar-refractivity contribution in [2.24, 2.45) is 15.7 Å². The minimum atomic E-state index is 0.240. The lowest BCUT2D eigenvalue weighted by atomic mass is 9.90. The lowest BCUT2D eigenvalue weighted by Crippen LogP contribution is -2.18. The van der Waals surface area contributed by atoms with Crippen LogP contribution in [0.1, 0.15) is 48.1 Å². The standard InChI is InChI=1S/C16H19IN4O/c17-14-13-12(10-5-1-2-6-11(10)20-14)16(21-15(13)18)19-8-9-4-3-7-22-9/h9H,1-8H2,(H2,18,19,21)/t9-/m1/s1. The maximum atomic E-state index is 6.15. The molecule has 1 fully saturated rings. The highest BCUT2D eigenvalue weighted by Crippen LogP contribution is 2.32. The fraction of sp³-hybridized carbons (Fsp3) is 0.562. The molecule has 0 spiro atoms. The fourth-order valence-electron chi connectivity index (χ4n) is 3.51. The van der Waals surface area contributed by atoms with E-state index < -0.39 is 0 Å². The van der Waals surface area contributed by atoms with Crippen LogP contribution in [0.3, 0.4) is 0 Å². The van der Waals surface area contributed by atoms with Crippen molar-refractivity contribution in [1.29, 1.82) is 0 Å². The Morgan fingerprint density at radius 1 is 1.23 bits per heavy atom. The first-order chi connectivity index (χ1) is 10.7. The predicted molar refractivity (Wildman–Crippen MR) is 94.7 cm³/mol. The molecular weight excluding hydrogens is 391 g/mol. The molecule has 3 heterocycles. The summed E-state index contributed by atoms with van der Waals surface area (Å²) in [5.74, 6) is 1.35. The van der Waals surface area contributed by atoms with Gasteiger partial charge in [-0.1, -0.05) is 0 Å². The summed E-state index contributed by atoms with van der Waals surface area (Å²) in [7, 11) is 0. The van der Waals surface area contributed by atoms with Crippen molar-refractivity contribution in [3.63, 3.8) is 0 Å². The Morgan fingerprint density at radius 2 is 2.09 bits per heavy atom. The summed E-state index contributed by atoms with van der Waals surface area (Å²) in [6.07, 6.45) is 7.00. The number of ether oxygens (including phenoxy) is 1. The van der Waals surface area contributed by atoms with Crippen LogP contribution in [-0.2, 0) is 17.6 Å². The van der Waals surface area contributed by atoms with Crippen LogP contribution in [0.5, 0.6) is 0 Å². The van der Waals surface area contributed by atoms with Gasteiger partial charge in [-0.2, -0.15) is 0 Å². The molecular formula is C16H19IN4O. The molecule has 0 amide bonds. The number of fused-ring (bicyclic) bond motifs is 3. The number of rotatable bonds is 2. The smallest absolute Gasteiger partial charge is 0.158 e. The van der Waals surface area contributed by atoms with Crippen molar-refractivity contribution in [3.05, 3.63) is 26.1 Å². The van der Waals surface area contributed by atoms with Crippen LogP contribution < -0.4 is 5.73 Å². The number of aromatic nitrogens is 1. The normalized spacial score (nSPS) is 25.2. The van der Waals surface area contributed by atoms with Crippen LogP contribution in [0.4, 0.5) is 0 Å². The van der Waals surface area contributed by atoms with Gasteiger partial charge in [-0.3, -0.25) is 4.99 Å². The number of aliphatic imine (C=N–C) groups is 2. The quantitative estimate of drug-likeness (QED) is 0.600. The molecule has 1 atom stereocenters. The van der Waals surface area contributed by atoms with Gasteiger partial charge >= 0.3 is 0 Å². The third-order valence-corrected chi connectivity index (χ3v) is 5.39. The summed E-state index contributed by atoms with van der Waals surface area (Å²) in [4.78, 5) is 14.0. The third kappa shape index (κ3) is 2.46. The van der Waals surface area contributed by atoms with Gasteiger partial charge in [0.2, 0.25) is 0 Å². The molecule has 0 radical (unpaired) electrons. The largest absolute Gasteiger partial charge is 0.383 e. The number of nitrogens with two attached hydrogens (primary N) is 1. The van der Waals surface area contributed by atoms with Crippen molar-refractivity contribution < 1.29 is 4.74 Å². The van der Waals surface area contributed by atoms with Crippen molar-refractivity contribution in [3.8, 4) is 0 Å². The summed E-state index contributed by atoms with van der Waals surface area (Å²) < 4.78 is 6.62. The van der Waals surface area contributed by atoms with Crippen LogP contribution in [0.25, 0.3) is 0 Å². The van der Waals surface area contributed by atoms with Crippen LogP contribution >= 0.6 is 22.6 Å². The molecule has 0 bridgehead atoms. The van der Waals surface area contributed by atoms with Gasteiger partial charge in [0.25, 0.3) is 0 Å². The second-order valence-electron chi connectivity index (χ2n) is 6.08. The SMILES string of the molecule is NC1=NC(=NC[C@H]2CCCO2)c2c3c(nc(I)c21)CCCC3. The predicted octanol–water partition coefficient (Wildman–Crippen LogP) is 2.21. The first kappa shape index (κ1) is 14.6. The number of amidine groups is 2. The number of aryl methyl sites for hydroxylation is 1. The number of hydrogen-bond acceptors (Lipinski definition) is 4. The molecule has 116 valence electrons. The van der Waals surface area contributed by atoms with E-state index in [1.165, 1.54) is 24.1 Å². The van der Waals surface area contributed by atoms with Crippen molar-refractivity contribution in [1.82, 2.24) is 4.98 Å². The Kier molecular flexibility index (Phi) is 3.89. The molecule has 0 saturated carbocycles. The average Bonchev–Trinajstić information content (AvgIpc) is 3.13. The van der Waals surface area contributed by atoms with E-state index >= 15 is 0 Å². The minimum Gasteiger partial charge on any atom is -0.383 e. The molecule has 0 unspecified atom stereocenters. The summed E-state index contributed by atoms with van der Waals surface area (Å²) in [5.41, 5.74) is 10.8. The highest BCUT2D eigenvalue weighted by atomic mass is 127. The Hall–Kier alpha value is -1.02. The molecule has 5 nitrogen and oxygen atoms in total. The van der Waals surface area contributed by atoms with Gasteiger partial charge in [-0.25, -0.2) is 9.98 Å². The highest BCUT2D eigenvalue weighted by molar-refractivity contribution is 14.1. The molecule has 4 rings (SSSR count). The van der Waals surface area contributed by atoms with Gasteiger partial charge in [0.1, 0.15) is 9.54 Å². The van der Waals surface area contributed by atoms with E-state index in [4.69, 9.17) is 20.4 Å². The molecule has 22 heavy (non-hydrogen) atoms. The van der Waals surface area contributed by atoms with Gasteiger partial charge in [0, 0.05) is 17.9 Å². The van der Waals surface area contributed by atoms with Crippen molar-refractivity contribution in [2.45, 2.75) is 44.6 Å². The molecule has 2 N–H and O–H groups in total. The Morgan fingerprint density at radius 3 is 2.91 bits per heavy atom. The second kappa shape index (κ2) is 5.88. The topological polar surface area (TPSA) is 72.9 Å². The molecule has 1 aromatic rings. The number of halogens is 1. The van der Waals surface area contributed by atoms with E-state index in [0.717, 1.165) is 53.0 Å². The van der Waals surface area contributed by atoms with Gasteiger partial charge < -0.3 is 10.5 Å². The van der Waals surface area contributed by atoms with E-state index in [2.05, 4.69) is 27.6 Å². The second-order valence-corrected chi connectivity index (χ2v) is 7.10. The lowest BCUT2D eigenvalue weighted by Gasteiger charge is -2.19. The Bertz CT molecular complexity index is 677. The minimum absolute atomic E-state index is 0.240. The van der Waals surface area contributed by atoms with Crippen LogP contribution in [0.2, 0.25) is 0 Å². The van der Waals surface area contributed by atoms with E-state index in [0.29, 0.717) is 12.4 Å². The third-order valence-electron chi connectivity index (χ3n) is 4.60. The van der Waals surface area contributed by atoms with Crippen LogP contribution in [0.15, 0.2) is 9.98 Å². The van der Waals surface area contributed by atoms with Gasteiger partial charge in [0.15, 0.2) is 5.84 Å². The summed E-state index contributed by atoms with van der Waals surface area (Å²) in [6, 6.07) is 0. The van der Waals surface area contributed by atoms with E-state index in [1.54, 1.807) is 0 Å². The molecule has 6 heteroatoms. The molecule has 0 aromatic carbocycles. The molecule has 1 aromatic heterocycles. The highest BCUT2D eigenvalue weighted by Gasteiger charge is 2.30. The molecule has 1 saturated heterocycles. The average molecular weight is 410 g/mol. The lowest BCUT2D eigenvalue weighted by molar-refractivity contribution is 0.118. The molecule has 2 aliphatic heterocycles. The van der Waals surface area contributed by atoms with Gasteiger partial charge in [-0.05, 0) is 66.7 Å². The van der Waals surface area contributed by atoms with Gasteiger partial charge in [-0.15, -0.1) is 0 Å². The van der Waals surface area contributed by atoms with E-state index in [1.807, 2.05) is 0 Å². The van der Waals surface area contributed by atoms with E-state index in [-0.39, 0.29) is 6.10 Å². The number of pyridine rings is 1. The maximum absolute atomic E-state index is 6.15.